The van der Waals surface area contributed by atoms with Crippen molar-refractivity contribution in [2.45, 2.75) is 38.1 Å². The molecule has 23 heavy (non-hydrogen) atoms. The van der Waals surface area contributed by atoms with Gasteiger partial charge in [0.2, 0.25) is 17.6 Å². The fourth-order valence-electron chi connectivity index (χ4n) is 2.50. The van der Waals surface area contributed by atoms with Crippen LogP contribution in [-0.2, 0) is 11.2 Å². The molecule has 1 saturated carbocycles. The van der Waals surface area contributed by atoms with Crippen LogP contribution in [0.4, 0.5) is 0 Å². The predicted molar refractivity (Wildman–Crippen MR) is 91.5 cm³/mol. The largest absolute Gasteiger partial charge is 0.349 e. The Labute approximate surface area is 145 Å². The number of aryl methyl sites for hydroxylation is 1. The molecule has 1 atom stereocenters. The predicted octanol–water partition coefficient (Wildman–Crippen LogP) is 2.40. The highest BCUT2D eigenvalue weighted by Crippen LogP contribution is 2.39. The second kappa shape index (κ2) is 7.42. The summed E-state index contributed by atoms with van der Waals surface area (Å²) in [5, 5.41) is 8.96. The summed E-state index contributed by atoms with van der Waals surface area (Å²) < 4.78 is 5.20. The molecule has 0 saturated heterocycles. The Balaban J connectivity index is 0.00000192. The standard InChI is InChI=1S/C15H20N4O2S.ClH/c1-15(9-16,10-4-5-10)18-12(20)6-7-13-17-14(19-21-13)11-3-2-8-22-11;/h2-3,8,10H,4-7,9,16H2,1H3,(H,18,20);1H. The Morgan fingerprint density at radius 2 is 2.35 bits per heavy atom. The molecule has 1 amide bonds. The van der Waals surface area contributed by atoms with Crippen LogP contribution >= 0.6 is 23.7 Å². The third kappa shape index (κ3) is 4.31. The number of nitrogens with zero attached hydrogens (tertiary/aromatic N) is 2. The molecule has 8 heteroatoms. The lowest BCUT2D eigenvalue weighted by molar-refractivity contribution is -0.123. The number of nitrogens with two attached hydrogens (primary N) is 1. The monoisotopic (exact) mass is 356 g/mol. The van der Waals surface area contributed by atoms with Crippen LogP contribution in [0.25, 0.3) is 10.7 Å². The number of thiophene rings is 1. The highest BCUT2D eigenvalue weighted by molar-refractivity contribution is 7.13. The number of carbonyl (C=O) groups is 1. The number of hydrogen-bond donors (Lipinski definition) is 2. The topological polar surface area (TPSA) is 94.0 Å². The van der Waals surface area contributed by atoms with Crippen LogP contribution in [0, 0.1) is 5.92 Å². The summed E-state index contributed by atoms with van der Waals surface area (Å²) in [6.07, 6.45) is 3.05. The fourth-order valence-corrected chi connectivity index (χ4v) is 3.15. The van der Waals surface area contributed by atoms with Crippen molar-refractivity contribution in [2.75, 3.05) is 6.54 Å². The Morgan fingerprint density at radius 3 is 2.96 bits per heavy atom. The molecular formula is C15H21ClN4O2S. The normalized spacial score (nSPS) is 16.4. The zero-order valence-corrected chi connectivity index (χ0v) is 14.6. The van der Waals surface area contributed by atoms with Gasteiger partial charge in [-0.25, -0.2) is 0 Å². The molecule has 0 aromatic carbocycles. The van der Waals surface area contributed by atoms with Crippen molar-refractivity contribution in [1.29, 1.82) is 0 Å². The van der Waals surface area contributed by atoms with E-state index in [-0.39, 0.29) is 23.9 Å². The van der Waals surface area contributed by atoms with E-state index in [0.29, 0.717) is 37.0 Å². The van der Waals surface area contributed by atoms with Crippen molar-refractivity contribution in [2.24, 2.45) is 11.7 Å². The van der Waals surface area contributed by atoms with E-state index >= 15 is 0 Å². The first-order chi connectivity index (χ1) is 10.6. The summed E-state index contributed by atoms with van der Waals surface area (Å²) in [4.78, 5) is 17.4. The first-order valence-electron chi connectivity index (χ1n) is 7.48. The molecule has 1 aliphatic carbocycles. The second-order valence-corrected chi connectivity index (χ2v) is 6.88. The van der Waals surface area contributed by atoms with Crippen molar-refractivity contribution >= 4 is 29.7 Å². The molecule has 2 aromatic heterocycles. The molecule has 1 aliphatic rings. The van der Waals surface area contributed by atoms with Gasteiger partial charge in [0.15, 0.2) is 0 Å². The molecule has 3 rings (SSSR count). The van der Waals surface area contributed by atoms with E-state index in [9.17, 15) is 4.79 Å². The molecule has 0 bridgehead atoms. The lowest BCUT2D eigenvalue weighted by Gasteiger charge is -2.29. The number of nitrogens with one attached hydrogen (secondary N) is 1. The number of rotatable bonds is 7. The zero-order chi connectivity index (χ0) is 15.6. The third-order valence-corrected chi connectivity index (χ3v) is 4.97. The number of halogens is 1. The molecule has 2 heterocycles. The zero-order valence-electron chi connectivity index (χ0n) is 12.9. The average molecular weight is 357 g/mol. The summed E-state index contributed by atoms with van der Waals surface area (Å²) in [6, 6.07) is 3.88. The minimum absolute atomic E-state index is 0. The number of amides is 1. The summed E-state index contributed by atoms with van der Waals surface area (Å²) in [5.74, 6) is 1.56. The second-order valence-electron chi connectivity index (χ2n) is 5.93. The van der Waals surface area contributed by atoms with Crippen LogP contribution in [0.5, 0.6) is 0 Å². The minimum Gasteiger partial charge on any atom is -0.349 e. The molecular weight excluding hydrogens is 336 g/mol. The fraction of sp³-hybridized carbons (Fsp3) is 0.533. The molecule has 126 valence electrons. The molecule has 3 N–H and O–H groups in total. The first-order valence-corrected chi connectivity index (χ1v) is 8.36. The summed E-state index contributed by atoms with van der Waals surface area (Å²) in [6.45, 7) is 2.48. The highest BCUT2D eigenvalue weighted by Gasteiger charge is 2.41. The van der Waals surface area contributed by atoms with E-state index in [1.165, 1.54) is 0 Å². The Morgan fingerprint density at radius 1 is 1.57 bits per heavy atom. The van der Waals surface area contributed by atoms with E-state index in [1.807, 2.05) is 24.4 Å². The van der Waals surface area contributed by atoms with Crippen molar-refractivity contribution in [3.8, 4) is 10.7 Å². The Bertz CT molecular complexity index is 642. The van der Waals surface area contributed by atoms with Crippen molar-refractivity contribution < 1.29 is 9.32 Å². The van der Waals surface area contributed by atoms with E-state index < -0.39 is 0 Å². The van der Waals surface area contributed by atoms with Gasteiger partial charge in [-0.2, -0.15) is 4.98 Å². The van der Waals surface area contributed by atoms with Crippen LogP contribution in [0.3, 0.4) is 0 Å². The van der Waals surface area contributed by atoms with Gasteiger partial charge in [0.05, 0.1) is 10.4 Å². The van der Waals surface area contributed by atoms with Crippen LogP contribution < -0.4 is 11.1 Å². The highest BCUT2D eigenvalue weighted by atomic mass is 35.5. The summed E-state index contributed by atoms with van der Waals surface area (Å²) >= 11 is 1.56. The molecule has 0 spiro atoms. The van der Waals surface area contributed by atoms with E-state index in [0.717, 1.165) is 17.7 Å². The smallest absolute Gasteiger partial charge is 0.227 e. The van der Waals surface area contributed by atoms with Gasteiger partial charge in [-0.1, -0.05) is 11.2 Å². The minimum atomic E-state index is -0.284. The summed E-state index contributed by atoms with van der Waals surface area (Å²) in [7, 11) is 0. The van der Waals surface area contributed by atoms with Crippen LogP contribution in [-0.4, -0.2) is 28.1 Å². The van der Waals surface area contributed by atoms with Gasteiger partial charge in [0.25, 0.3) is 0 Å². The molecule has 1 fully saturated rings. The lowest BCUT2D eigenvalue weighted by Crippen LogP contribution is -2.53. The van der Waals surface area contributed by atoms with E-state index in [2.05, 4.69) is 15.5 Å². The third-order valence-electron chi connectivity index (χ3n) is 4.10. The molecule has 0 radical (unpaired) electrons. The lowest BCUT2D eigenvalue weighted by atomic mass is 9.95. The van der Waals surface area contributed by atoms with Gasteiger partial charge >= 0.3 is 0 Å². The first kappa shape index (κ1) is 17.9. The number of hydrogen-bond acceptors (Lipinski definition) is 6. The number of aromatic nitrogens is 2. The van der Waals surface area contributed by atoms with Gasteiger partial charge in [-0.15, -0.1) is 23.7 Å². The van der Waals surface area contributed by atoms with E-state index in [4.69, 9.17) is 10.3 Å². The average Bonchev–Trinajstić information content (AvgIpc) is 3.04. The maximum Gasteiger partial charge on any atom is 0.227 e. The van der Waals surface area contributed by atoms with Crippen LogP contribution in [0.1, 0.15) is 32.1 Å². The van der Waals surface area contributed by atoms with Gasteiger partial charge in [0, 0.05) is 19.4 Å². The quantitative estimate of drug-likeness (QED) is 0.794. The number of carbonyl (C=O) groups excluding carboxylic acids is 1. The van der Waals surface area contributed by atoms with Gasteiger partial charge in [-0.05, 0) is 37.1 Å². The van der Waals surface area contributed by atoms with Crippen molar-refractivity contribution in [1.82, 2.24) is 15.5 Å². The SMILES string of the molecule is CC(CN)(NC(=O)CCc1nc(-c2cccs2)no1)C1CC1.Cl. The van der Waals surface area contributed by atoms with Crippen molar-refractivity contribution in [3.63, 3.8) is 0 Å². The maximum absolute atomic E-state index is 12.1. The van der Waals surface area contributed by atoms with Gasteiger partial charge in [-0.3, -0.25) is 4.79 Å². The Hall–Kier alpha value is -1.44. The van der Waals surface area contributed by atoms with Crippen LogP contribution in [0.15, 0.2) is 22.0 Å². The maximum atomic E-state index is 12.1. The van der Waals surface area contributed by atoms with E-state index in [1.54, 1.807) is 11.3 Å². The molecule has 1 unspecified atom stereocenters. The van der Waals surface area contributed by atoms with Crippen LogP contribution in [0.2, 0.25) is 0 Å². The van der Waals surface area contributed by atoms with Crippen molar-refractivity contribution in [3.05, 3.63) is 23.4 Å². The molecule has 2 aromatic rings. The molecule has 6 nitrogen and oxygen atoms in total. The van der Waals surface area contributed by atoms with Gasteiger partial charge in [0.1, 0.15) is 0 Å². The molecule has 0 aliphatic heterocycles. The summed E-state index contributed by atoms with van der Waals surface area (Å²) in [5.41, 5.74) is 5.52. The van der Waals surface area contributed by atoms with Gasteiger partial charge < -0.3 is 15.6 Å². The Kier molecular flexibility index (Phi) is 5.78.